The first-order chi connectivity index (χ1) is 13.4. The van der Waals surface area contributed by atoms with Crippen LogP contribution >= 0.6 is 24.0 Å². The first-order valence-corrected chi connectivity index (χ1v) is 9.72. The summed E-state index contributed by atoms with van der Waals surface area (Å²) in [6.07, 6.45) is 2.20. The van der Waals surface area contributed by atoms with Crippen molar-refractivity contribution in [2.75, 3.05) is 18.0 Å². The quantitative estimate of drug-likeness (QED) is 0.365. The van der Waals surface area contributed by atoms with Crippen molar-refractivity contribution in [1.29, 1.82) is 0 Å². The Morgan fingerprint density at radius 1 is 1.31 bits per heavy atom. The number of para-hydroxylation sites is 1. The highest BCUT2D eigenvalue weighted by atomic mass is 127. The van der Waals surface area contributed by atoms with Gasteiger partial charge in [-0.15, -0.1) is 24.0 Å². The van der Waals surface area contributed by atoms with Gasteiger partial charge in [0.1, 0.15) is 12.3 Å². The maximum atomic E-state index is 12.4. The molecule has 0 aliphatic carbocycles. The smallest absolute Gasteiger partial charge is 0.229 e. The number of aliphatic imine (C=N–C) groups is 1. The van der Waals surface area contributed by atoms with Crippen molar-refractivity contribution >= 4 is 41.5 Å². The van der Waals surface area contributed by atoms with E-state index < -0.39 is 0 Å². The molecule has 1 fully saturated rings. The van der Waals surface area contributed by atoms with E-state index in [-0.39, 0.29) is 41.3 Å². The van der Waals surface area contributed by atoms with Gasteiger partial charge in [-0.1, -0.05) is 39.0 Å². The molecule has 0 saturated carbocycles. The minimum absolute atomic E-state index is 0. The standard InChI is InChI=1S/C21H29N5O2.HI/c1-5-22-20(24-13-18-23-12-17(28-18)21(2,3)4)25-15-11-19(27)26(14-15)16-9-7-6-8-10-16;/h6-10,12,15H,5,11,13-14H2,1-4H3,(H2,22,24,25);1H. The number of guanidine groups is 1. The van der Waals surface area contributed by atoms with Gasteiger partial charge in [0.15, 0.2) is 5.96 Å². The molecule has 158 valence electrons. The Balaban J connectivity index is 0.00000300. The lowest BCUT2D eigenvalue weighted by molar-refractivity contribution is -0.117. The summed E-state index contributed by atoms with van der Waals surface area (Å²) in [5, 5.41) is 6.59. The Bertz CT molecular complexity index is 829. The fraction of sp³-hybridized carbons (Fsp3) is 0.476. The zero-order chi connectivity index (χ0) is 20.1. The minimum atomic E-state index is -0.0805. The molecule has 1 saturated heterocycles. The third-order valence-electron chi connectivity index (χ3n) is 4.54. The molecule has 7 nitrogen and oxygen atoms in total. The molecule has 1 aliphatic rings. The highest BCUT2D eigenvalue weighted by Gasteiger charge is 2.31. The molecule has 0 spiro atoms. The average molecular weight is 511 g/mol. The molecule has 2 N–H and O–H groups in total. The summed E-state index contributed by atoms with van der Waals surface area (Å²) in [6, 6.07) is 9.74. The Hall–Kier alpha value is -2.10. The van der Waals surface area contributed by atoms with E-state index in [0.29, 0.717) is 31.4 Å². The Morgan fingerprint density at radius 3 is 2.66 bits per heavy atom. The molecule has 1 unspecified atom stereocenters. The van der Waals surface area contributed by atoms with E-state index in [1.165, 1.54) is 0 Å². The second kappa shape index (κ2) is 10.1. The number of amides is 1. The molecule has 8 heteroatoms. The van der Waals surface area contributed by atoms with Crippen LogP contribution in [-0.2, 0) is 16.8 Å². The molecule has 2 aromatic rings. The van der Waals surface area contributed by atoms with Gasteiger partial charge in [0.2, 0.25) is 11.8 Å². The molecule has 1 atom stereocenters. The molecular formula is C21H30IN5O2. The van der Waals surface area contributed by atoms with Crippen LogP contribution in [0.5, 0.6) is 0 Å². The topological polar surface area (TPSA) is 82.8 Å². The number of hydrogen-bond donors (Lipinski definition) is 2. The Labute approximate surface area is 189 Å². The zero-order valence-electron chi connectivity index (χ0n) is 17.4. The molecule has 0 radical (unpaired) electrons. The fourth-order valence-corrected chi connectivity index (χ4v) is 3.05. The summed E-state index contributed by atoms with van der Waals surface area (Å²) in [7, 11) is 0. The first kappa shape index (κ1) is 23.2. The summed E-state index contributed by atoms with van der Waals surface area (Å²) < 4.78 is 5.80. The second-order valence-electron chi connectivity index (χ2n) is 7.95. The maximum Gasteiger partial charge on any atom is 0.229 e. The van der Waals surface area contributed by atoms with Crippen molar-refractivity contribution in [3.63, 3.8) is 0 Å². The fourth-order valence-electron chi connectivity index (χ4n) is 3.05. The predicted molar refractivity (Wildman–Crippen MR) is 126 cm³/mol. The Morgan fingerprint density at radius 2 is 2.03 bits per heavy atom. The van der Waals surface area contributed by atoms with Gasteiger partial charge in [-0.05, 0) is 19.1 Å². The summed E-state index contributed by atoms with van der Waals surface area (Å²) in [5.41, 5.74) is 0.844. The van der Waals surface area contributed by atoms with Crippen LogP contribution in [0, 0.1) is 0 Å². The number of aromatic nitrogens is 1. The average Bonchev–Trinajstić information content (AvgIpc) is 3.27. The van der Waals surface area contributed by atoms with Crippen molar-refractivity contribution in [1.82, 2.24) is 15.6 Å². The van der Waals surface area contributed by atoms with E-state index in [0.717, 1.165) is 18.0 Å². The number of nitrogens with zero attached hydrogens (tertiary/aromatic N) is 3. The van der Waals surface area contributed by atoms with Crippen LogP contribution in [0.25, 0.3) is 0 Å². The van der Waals surface area contributed by atoms with Crippen LogP contribution in [-0.4, -0.2) is 36.0 Å². The van der Waals surface area contributed by atoms with Crippen LogP contribution < -0.4 is 15.5 Å². The number of carbonyl (C=O) groups excluding carboxylic acids is 1. The van der Waals surface area contributed by atoms with Crippen molar-refractivity contribution in [2.24, 2.45) is 4.99 Å². The normalized spacial score (nSPS) is 17.2. The van der Waals surface area contributed by atoms with E-state index in [4.69, 9.17) is 4.42 Å². The minimum Gasteiger partial charge on any atom is -0.443 e. The van der Waals surface area contributed by atoms with Crippen molar-refractivity contribution in [3.05, 3.63) is 48.2 Å². The van der Waals surface area contributed by atoms with E-state index in [2.05, 4.69) is 41.4 Å². The number of halogens is 1. The van der Waals surface area contributed by atoms with Gasteiger partial charge < -0.3 is 20.0 Å². The van der Waals surface area contributed by atoms with Gasteiger partial charge in [0.05, 0.1) is 12.2 Å². The third kappa shape index (κ3) is 6.19. The van der Waals surface area contributed by atoms with Crippen LogP contribution in [0.4, 0.5) is 5.69 Å². The van der Waals surface area contributed by atoms with Crippen molar-refractivity contribution in [3.8, 4) is 0 Å². The van der Waals surface area contributed by atoms with Crippen LogP contribution in [0.2, 0.25) is 0 Å². The number of hydrogen-bond acceptors (Lipinski definition) is 4. The van der Waals surface area contributed by atoms with Crippen molar-refractivity contribution in [2.45, 2.75) is 52.1 Å². The van der Waals surface area contributed by atoms with E-state index in [1.54, 1.807) is 6.20 Å². The lowest BCUT2D eigenvalue weighted by Gasteiger charge is -2.18. The third-order valence-corrected chi connectivity index (χ3v) is 4.54. The number of nitrogens with one attached hydrogen (secondary N) is 2. The van der Waals surface area contributed by atoms with Crippen LogP contribution in [0.1, 0.15) is 45.8 Å². The summed E-state index contributed by atoms with van der Waals surface area (Å²) in [4.78, 5) is 23.1. The van der Waals surface area contributed by atoms with E-state index in [9.17, 15) is 4.79 Å². The molecule has 1 amide bonds. The number of oxazole rings is 1. The molecule has 0 bridgehead atoms. The van der Waals surface area contributed by atoms with Gasteiger partial charge in [0.25, 0.3) is 0 Å². The summed E-state index contributed by atoms with van der Waals surface area (Å²) in [6.45, 7) is 9.95. The second-order valence-corrected chi connectivity index (χ2v) is 7.95. The van der Waals surface area contributed by atoms with Crippen molar-refractivity contribution < 1.29 is 9.21 Å². The molecule has 29 heavy (non-hydrogen) atoms. The lowest BCUT2D eigenvalue weighted by Crippen LogP contribution is -2.44. The molecule has 1 aromatic heterocycles. The monoisotopic (exact) mass is 511 g/mol. The van der Waals surface area contributed by atoms with Crippen LogP contribution in [0.3, 0.4) is 0 Å². The number of carbonyl (C=O) groups is 1. The predicted octanol–water partition coefficient (Wildman–Crippen LogP) is 3.45. The number of anilines is 1. The maximum absolute atomic E-state index is 12.4. The highest BCUT2D eigenvalue weighted by Crippen LogP contribution is 2.23. The summed E-state index contributed by atoms with van der Waals surface area (Å²) in [5.74, 6) is 2.19. The molecule has 1 aliphatic heterocycles. The summed E-state index contributed by atoms with van der Waals surface area (Å²) >= 11 is 0. The first-order valence-electron chi connectivity index (χ1n) is 9.72. The SMILES string of the molecule is CCNC(=NCc1ncc(C(C)(C)C)o1)NC1CC(=O)N(c2ccccc2)C1.I. The molecule has 1 aromatic carbocycles. The van der Waals surface area contributed by atoms with Gasteiger partial charge in [-0.25, -0.2) is 9.98 Å². The molecule has 2 heterocycles. The number of benzene rings is 1. The van der Waals surface area contributed by atoms with Crippen LogP contribution in [0.15, 0.2) is 45.9 Å². The van der Waals surface area contributed by atoms with Gasteiger partial charge in [0, 0.05) is 30.6 Å². The Kier molecular flexibility index (Phi) is 8.06. The molecular weight excluding hydrogens is 481 g/mol. The molecule has 3 rings (SSSR count). The van der Waals surface area contributed by atoms with Gasteiger partial charge >= 0.3 is 0 Å². The zero-order valence-corrected chi connectivity index (χ0v) is 19.8. The lowest BCUT2D eigenvalue weighted by atomic mass is 9.94. The van der Waals surface area contributed by atoms with E-state index >= 15 is 0 Å². The van der Waals surface area contributed by atoms with Gasteiger partial charge in [-0.2, -0.15) is 0 Å². The van der Waals surface area contributed by atoms with Gasteiger partial charge in [-0.3, -0.25) is 4.79 Å². The number of rotatable bonds is 5. The largest absolute Gasteiger partial charge is 0.443 e. The van der Waals surface area contributed by atoms with E-state index in [1.807, 2.05) is 42.2 Å². The highest BCUT2D eigenvalue weighted by molar-refractivity contribution is 14.0.